The van der Waals surface area contributed by atoms with Gasteiger partial charge in [0, 0.05) is 11.4 Å². The second-order valence-electron chi connectivity index (χ2n) is 6.22. The zero-order chi connectivity index (χ0) is 17.3. The van der Waals surface area contributed by atoms with E-state index in [0.717, 1.165) is 29.7 Å². The predicted octanol–water partition coefficient (Wildman–Crippen LogP) is 4.22. The molecule has 0 saturated heterocycles. The SMILES string of the molecule is O=S(=O)(c1ccc2c(c1)CCC2)N(Cc1ccco1)Cc1cccs1. The van der Waals surface area contributed by atoms with Crippen molar-refractivity contribution in [2.24, 2.45) is 0 Å². The summed E-state index contributed by atoms with van der Waals surface area (Å²) in [6.45, 7) is 0.572. The molecule has 4 rings (SSSR count). The highest BCUT2D eigenvalue weighted by Crippen LogP contribution is 2.28. The number of aryl methyl sites for hydroxylation is 2. The van der Waals surface area contributed by atoms with E-state index in [4.69, 9.17) is 4.42 Å². The van der Waals surface area contributed by atoms with E-state index in [2.05, 4.69) is 0 Å². The number of thiophene rings is 1. The second-order valence-corrected chi connectivity index (χ2v) is 9.19. The van der Waals surface area contributed by atoms with Crippen molar-refractivity contribution in [3.63, 3.8) is 0 Å². The average molecular weight is 373 g/mol. The molecule has 1 aromatic carbocycles. The van der Waals surface area contributed by atoms with E-state index >= 15 is 0 Å². The van der Waals surface area contributed by atoms with Crippen molar-refractivity contribution in [1.29, 1.82) is 0 Å². The monoisotopic (exact) mass is 373 g/mol. The summed E-state index contributed by atoms with van der Waals surface area (Å²) in [5.41, 5.74) is 2.44. The molecule has 2 heterocycles. The number of hydrogen-bond acceptors (Lipinski definition) is 4. The molecule has 0 aliphatic heterocycles. The molecule has 1 aliphatic rings. The van der Waals surface area contributed by atoms with E-state index in [1.54, 1.807) is 35.8 Å². The molecule has 2 aromatic heterocycles. The number of sulfonamides is 1. The summed E-state index contributed by atoms with van der Waals surface area (Å²) < 4.78 is 33.4. The standard InChI is InChI=1S/C19H19NO3S2/c21-25(22,19-9-8-15-4-1-5-16(15)12-19)20(13-17-6-2-10-23-17)14-18-7-3-11-24-18/h2-3,6-12H,1,4-5,13-14H2. The Morgan fingerprint density at radius 3 is 2.68 bits per heavy atom. The predicted molar refractivity (Wildman–Crippen MR) is 97.9 cm³/mol. The molecule has 6 heteroatoms. The van der Waals surface area contributed by atoms with E-state index in [1.807, 2.05) is 29.6 Å². The number of nitrogens with zero attached hydrogens (tertiary/aromatic N) is 1. The van der Waals surface area contributed by atoms with Crippen molar-refractivity contribution in [2.75, 3.05) is 0 Å². The van der Waals surface area contributed by atoms with Crippen molar-refractivity contribution in [3.8, 4) is 0 Å². The molecule has 0 atom stereocenters. The maximum absolute atomic E-state index is 13.3. The van der Waals surface area contributed by atoms with E-state index in [1.165, 1.54) is 9.87 Å². The Morgan fingerprint density at radius 1 is 1.04 bits per heavy atom. The van der Waals surface area contributed by atoms with Crippen LogP contribution in [0, 0.1) is 0 Å². The maximum atomic E-state index is 13.3. The van der Waals surface area contributed by atoms with E-state index in [-0.39, 0.29) is 6.54 Å². The highest BCUT2D eigenvalue weighted by molar-refractivity contribution is 7.89. The fourth-order valence-corrected chi connectivity index (χ4v) is 5.47. The van der Waals surface area contributed by atoms with Crippen LogP contribution in [0.4, 0.5) is 0 Å². The summed E-state index contributed by atoms with van der Waals surface area (Å²) in [6, 6.07) is 13.0. The van der Waals surface area contributed by atoms with Gasteiger partial charge in [0.2, 0.25) is 10.0 Å². The second kappa shape index (κ2) is 6.78. The van der Waals surface area contributed by atoms with Gasteiger partial charge < -0.3 is 4.42 Å². The van der Waals surface area contributed by atoms with Crippen LogP contribution in [-0.2, 0) is 36.0 Å². The summed E-state index contributed by atoms with van der Waals surface area (Å²) in [7, 11) is -3.59. The van der Waals surface area contributed by atoms with Crippen molar-refractivity contribution >= 4 is 21.4 Å². The van der Waals surface area contributed by atoms with Crippen LogP contribution < -0.4 is 0 Å². The van der Waals surface area contributed by atoms with Crippen LogP contribution in [0.1, 0.15) is 28.2 Å². The largest absolute Gasteiger partial charge is 0.468 e. The molecular weight excluding hydrogens is 354 g/mol. The smallest absolute Gasteiger partial charge is 0.243 e. The molecular formula is C19H19NO3S2. The third-order valence-corrected chi connectivity index (χ3v) is 7.18. The average Bonchev–Trinajstić information content (AvgIpc) is 3.36. The molecule has 130 valence electrons. The maximum Gasteiger partial charge on any atom is 0.243 e. The number of benzene rings is 1. The summed E-state index contributed by atoms with van der Waals surface area (Å²) in [6.07, 6.45) is 4.67. The lowest BCUT2D eigenvalue weighted by molar-refractivity contribution is 0.360. The molecule has 0 unspecified atom stereocenters. The van der Waals surface area contributed by atoms with Gasteiger partial charge in [-0.2, -0.15) is 4.31 Å². The molecule has 0 fully saturated rings. The van der Waals surface area contributed by atoms with Gasteiger partial charge in [-0.3, -0.25) is 0 Å². The topological polar surface area (TPSA) is 50.5 Å². The number of hydrogen-bond donors (Lipinski definition) is 0. The van der Waals surface area contributed by atoms with Gasteiger partial charge >= 0.3 is 0 Å². The highest BCUT2D eigenvalue weighted by Gasteiger charge is 2.27. The van der Waals surface area contributed by atoms with Crippen LogP contribution >= 0.6 is 11.3 Å². The van der Waals surface area contributed by atoms with Crippen molar-refractivity contribution in [1.82, 2.24) is 4.31 Å². The van der Waals surface area contributed by atoms with E-state index < -0.39 is 10.0 Å². The normalized spacial score (nSPS) is 14.1. The van der Waals surface area contributed by atoms with Crippen LogP contribution in [0.5, 0.6) is 0 Å². The quantitative estimate of drug-likeness (QED) is 0.650. The van der Waals surface area contributed by atoms with Gasteiger partial charge in [-0.25, -0.2) is 8.42 Å². The third kappa shape index (κ3) is 3.42. The minimum atomic E-state index is -3.59. The molecule has 0 bridgehead atoms. The Morgan fingerprint density at radius 2 is 1.92 bits per heavy atom. The third-order valence-electron chi connectivity index (χ3n) is 4.53. The first-order chi connectivity index (χ1) is 12.1. The van der Waals surface area contributed by atoms with Gasteiger partial charge in [-0.15, -0.1) is 11.3 Å². The summed E-state index contributed by atoms with van der Waals surface area (Å²) >= 11 is 1.56. The van der Waals surface area contributed by atoms with Gasteiger partial charge in [-0.1, -0.05) is 12.1 Å². The van der Waals surface area contributed by atoms with Gasteiger partial charge in [0.1, 0.15) is 5.76 Å². The first kappa shape index (κ1) is 16.6. The molecule has 3 aromatic rings. The first-order valence-electron chi connectivity index (χ1n) is 8.30. The van der Waals surface area contributed by atoms with Gasteiger partial charge in [0.05, 0.1) is 17.7 Å². The van der Waals surface area contributed by atoms with Crippen molar-refractivity contribution in [3.05, 3.63) is 75.9 Å². The van der Waals surface area contributed by atoms with Crippen LogP contribution in [0.25, 0.3) is 0 Å². The number of furan rings is 1. The summed E-state index contributed by atoms with van der Waals surface area (Å²) in [5.74, 6) is 0.640. The number of rotatable bonds is 6. The lowest BCUT2D eigenvalue weighted by Crippen LogP contribution is -2.30. The molecule has 0 radical (unpaired) electrons. The van der Waals surface area contributed by atoms with Crippen molar-refractivity contribution < 1.29 is 12.8 Å². The lowest BCUT2D eigenvalue weighted by Gasteiger charge is -2.21. The van der Waals surface area contributed by atoms with Gasteiger partial charge in [0.25, 0.3) is 0 Å². The Labute approximate surface area is 151 Å². The van der Waals surface area contributed by atoms with E-state index in [0.29, 0.717) is 17.2 Å². The van der Waals surface area contributed by atoms with Crippen LogP contribution in [0.15, 0.2) is 63.4 Å². The minimum Gasteiger partial charge on any atom is -0.468 e. The van der Waals surface area contributed by atoms with Crippen LogP contribution in [0.2, 0.25) is 0 Å². The molecule has 25 heavy (non-hydrogen) atoms. The number of fused-ring (bicyclic) bond motifs is 1. The molecule has 1 aliphatic carbocycles. The Kier molecular flexibility index (Phi) is 4.50. The first-order valence-corrected chi connectivity index (χ1v) is 10.6. The molecule has 0 N–H and O–H groups in total. The Bertz CT molecular complexity index is 908. The van der Waals surface area contributed by atoms with Crippen molar-refractivity contribution in [2.45, 2.75) is 37.2 Å². The Balaban J connectivity index is 1.68. The fraction of sp³-hybridized carbons (Fsp3) is 0.263. The molecule has 0 amide bonds. The van der Waals surface area contributed by atoms with Crippen LogP contribution in [-0.4, -0.2) is 12.7 Å². The summed E-state index contributed by atoms with van der Waals surface area (Å²) in [4.78, 5) is 1.38. The molecule has 4 nitrogen and oxygen atoms in total. The van der Waals surface area contributed by atoms with Gasteiger partial charge in [-0.05, 0) is 66.1 Å². The lowest BCUT2D eigenvalue weighted by atomic mass is 10.1. The Hall–Kier alpha value is -1.89. The van der Waals surface area contributed by atoms with Crippen LogP contribution in [0.3, 0.4) is 0 Å². The summed E-state index contributed by atoms with van der Waals surface area (Å²) in [5, 5.41) is 1.96. The highest BCUT2D eigenvalue weighted by atomic mass is 32.2. The molecule has 0 saturated carbocycles. The zero-order valence-corrected chi connectivity index (χ0v) is 15.4. The van der Waals surface area contributed by atoms with E-state index in [9.17, 15) is 8.42 Å². The minimum absolute atomic E-state index is 0.227. The zero-order valence-electron chi connectivity index (χ0n) is 13.7. The van der Waals surface area contributed by atoms with Gasteiger partial charge in [0.15, 0.2) is 0 Å². The molecule has 0 spiro atoms. The fourth-order valence-electron chi connectivity index (χ4n) is 3.24.